The fraction of sp³-hybridized carbons (Fsp3) is 0.462. The van der Waals surface area contributed by atoms with Gasteiger partial charge in [-0.15, -0.1) is 0 Å². The predicted molar refractivity (Wildman–Crippen MR) is 127 cm³/mol. The molecule has 172 valence electrons. The van der Waals surface area contributed by atoms with Crippen LogP contribution >= 0.6 is 0 Å². The molecule has 1 heterocycles. The smallest absolute Gasteiger partial charge is 0.317 e. The van der Waals surface area contributed by atoms with Crippen LogP contribution in [-0.2, 0) is 0 Å². The van der Waals surface area contributed by atoms with Crippen LogP contribution in [-0.4, -0.2) is 43.1 Å². The number of hydrogen-bond acceptors (Lipinski definition) is 3. The van der Waals surface area contributed by atoms with Crippen molar-refractivity contribution in [2.75, 3.05) is 20.2 Å². The monoisotopic (exact) mass is 437 g/mol. The van der Waals surface area contributed by atoms with Crippen LogP contribution in [0.4, 0.5) is 4.79 Å². The van der Waals surface area contributed by atoms with Crippen molar-refractivity contribution in [3.05, 3.63) is 65.2 Å². The van der Waals surface area contributed by atoms with Gasteiger partial charge in [-0.3, -0.25) is 4.79 Å². The van der Waals surface area contributed by atoms with Gasteiger partial charge in [0, 0.05) is 30.6 Å². The van der Waals surface area contributed by atoms with E-state index in [0.29, 0.717) is 12.1 Å². The van der Waals surface area contributed by atoms with Gasteiger partial charge in [-0.05, 0) is 68.5 Å². The minimum atomic E-state index is -0.0836. The molecule has 6 heteroatoms. The summed E-state index contributed by atoms with van der Waals surface area (Å²) in [6.45, 7) is 7.45. The Kier molecular flexibility index (Phi) is 8.14. The van der Waals surface area contributed by atoms with Crippen LogP contribution in [0.1, 0.15) is 73.5 Å². The highest BCUT2D eigenvalue weighted by atomic mass is 16.5. The lowest BCUT2D eigenvalue weighted by Gasteiger charge is -2.33. The number of nitrogens with zero attached hydrogens (tertiary/aromatic N) is 1. The van der Waals surface area contributed by atoms with Crippen molar-refractivity contribution in [2.45, 2.75) is 58.0 Å². The molecule has 0 aromatic heterocycles. The number of amides is 3. The highest BCUT2D eigenvalue weighted by Gasteiger charge is 2.25. The van der Waals surface area contributed by atoms with Crippen LogP contribution in [0.3, 0.4) is 0 Å². The molecule has 0 unspecified atom stereocenters. The number of methoxy groups -OCH3 is 1. The molecule has 3 amide bonds. The Morgan fingerprint density at radius 3 is 2.53 bits per heavy atom. The second-order valence-corrected chi connectivity index (χ2v) is 8.72. The van der Waals surface area contributed by atoms with Crippen LogP contribution in [0.15, 0.2) is 48.5 Å². The van der Waals surface area contributed by atoms with Crippen LogP contribution < -0.4 is 15.4 Å². The number of benzene rings is 2. The zero-order chi connectivity index (χ0) is 23.1. The molecule has 0 aliphatic carbocycles. The highest BCUT2D eigenvalue weighted by Crippen LogP contribution is 2.28. The molecule has 6 nitrogen and oxygen atoms in total. The standard InChI is InChI=1S/C26H35N3O3/c1-5-24(19-11-13-23(32-4)14-12-19)28-25(30)21-9-6-8-20(16-21)22-10-7-15-29(17-22)26(31)27-18(2)3/h6,8-9,11-14,16,18,22,24H,5,7,10,15,17H2,1-4H3,(H,27,31)(H,28,30)/t22-,24-/m0/s1. The molecule has 0 saturated carbocycles. The summed E-state index contributed by atoms with van der Waals surface area (Å²) in [5, 5.41) is 6.14. The third-order valence-corrected chi connectivity index (χ3v) is 5.97. The molecule has 32 heavy (non-hydrogen) atoms. The van der Waals surface area contributed by atoms with Crippen molar-refractivity contribution in [2.24, 2.45) is 0 Å². The summed E-state index contributed by atoms with van der Waals surface area (Å²) in [6.07, 6.45) is 2.77. The molecule has 0 spiro atoms. The van der Waals surface area contributed by atoms with E-state index in [9.17, 15) is 9.59 Å². The molecule has 2 aromatic rings. The first kappa shape index (κ1) is 23.6. The largest absolute Gasteiger partial charge is 0.497 e. The van der Waals surface area contributed by atoms with E-state index in [0.717, 1.165) is 42.7 Å². The van der Waals surface area contributed by atoms with Crippen LogP contribution in [0.5, 0.6) is 5.75 Å². The van der Waals surface area contributed by atoms with E-state index in [4.69, 9.17) is 4.74 Å². The number of piperidine rings is 1. The number of carbonyl (C=O) groups excluding carboxylic acids is 2. The van der Waals surface area contributed by atoms with Gasteiger partial charge in [0.25, 0.3) is 5.91 Å². The van der Waals surface area contributed by atoms with E-state index in [2.05, 4.69) is 23.6 Å². The van der Waals surface area contributed by atoms with Gasteiger partial charge in [-0.25, -0.2) is 4.79 Å². The van der Waals surface area contributed by atoms with Gasteiger partial charge in [0.15, 0.2) is 0 Å². The molecular weight excluding hydrogens is 402 g/mol. The quantitative estimate of drug-likeness (QED) is 0.649. The summed E-state index contributed by atoms with van der Waals surface area (Å²) in [7, 11) is 1.64. The Labute approximate surface area is 191 Å². The number of rotatable bonds is 7. The first-order valence-electron chi connectivity index (χ1n) is 11.5. The summed E-state index contributed by atoms with van der Waals surface area (Å²) in [5.74, 6) is 0.948. The molecule has 3 rings (SSSR count). The Hall–Kier alpha value is -3.02. The van der Waals surface area contributed by atoms with Gasteiger partial charge in [0.1, 0.15) is 5.75 Å². The third-order valence-electron chi connectivity index (χ3n) is 5.97. The molecule has 2 aromatic carbocycles. The molecule has 1 aliphatic heterocycles. The fourth-order valence-corrected chi connectivity index (χ4v) is 4.20. The van der Waals surface area contributed by atoms with E-state index in [1.165, 1.54) is 0 Å². The molecule has 2 atom stereocenters. The Morgan fingerprint density at radius 1 is 1.12 bits per heavy atom. The summed E-state index contributed by atoms with van der Waals surface area (Å²) >= 11 is 0. The fourth-order valence-electron chi connectivity index (χ4n) is 4.20. The first-order valence-corrected chi connectivity index (χ1v) is 11.5. The SMILES string of the molecule is CC[C@H](NC(=O)c1cccc([C@H]2CCCN(C(=O)NC(C)C)C2)c1)c1ccc(OC)cc1. The van der Waals surface area contributed by atoms with E-state index in [1.54, 1.807) is 7.11 Å². The zero-order valence-corrected chi connectivity index (χ0v) is 19.6. The van der Waals surface area contributed by atoms with Gasteiger partial charge in [-0.2, -0.15) is 0 Å². The van der Waals surface area contributed by atoms with Crippen LogP contribution in [0.25, 0.3) is 0 Å². The van der Waals surface area contributed by atoms with Gasteiger partial charge >= 0.3 is 6.03 Å². The third kappa shape index (κ3) is 6.02. The molecule has 1 saturated heterocycles. The van der Waals surface area contributed by atoms with Crippen molar-refractivity contribution in [1.82, 2.24) is 15.5 Å². The molecule has 1 fully saturated rings. The van der Waals surface area contributed by atoms with Gasteiger partial charge in [0.05, 0.1) is 13.2 Å². The topological polar surface area (TPSA) is 70.7 Å². The Bertz CT molecular complexity index is 911. The number of urea groups is 1. The number of likely N-dealkylation sites (tertiary alicyclic amines) is 1. The maximum absolute atomic E-state index is 13.0. The van der Waals surface area contributed by atoms with Gasteiger partial charge in [-0.1, -0.05) is 31.2 Å². The van der Waals surface area contributed by atoms with E-state index in [1.807, 2.05) is 61.2 Å². The normalized spacial score (nSPS) is 17.0. The predicted octanol–water partition coefficient (Wildman–Crippen LogP) is 4.87. The van der Waals surface area contributed by atoms with E-state index in [-0.39, 0.29) is 29.9 Å². The van der Waals surface area contributed by atoms with Crippen LogP contribution in [0, 0.1) is 0 Å². The zero-order valence-electron chi connectivity index (χ0n) is 19.6. The average molecular weight is 438 g/mol. The summed E-state index contributed by atoms with van der Waals surface area (Å²) in [6, 6.07) is 15.7. The van der Waals surface area contributed by atoms with Crippen molar-refractivity contribution in [3.8, 4) is 5.75 Å². The number of ether oxygens (including phenoxy) is 1. The van der Waals surface area contributed by atoms with Gasteiger partial charge < -0.3 is 20.3 Å². The van der Waals surface area contributed by atoms with Crippen molar-refractivity contribution < 1.29 is 14.3 Å². The lowest BCUT2D eigenvalue weighted by Crippen LogP contribution is -2.47. The van der Waals surface area contributed by atoms with Crippen molar-refractivity contribution >= 4 is 11.9 Å². The van der Waals surface area contributed by atoms with E-state index >= 15 is 0 Å². The summed E-state index contributed by atoms with van der Waals surface area (Å²) < 4.78 is 5.23. The second-order valence-electron chi connectivity index (χ2n) is 8.72. The number of carbonyl (C=O) groups is 2. The Balaban J connectivity index is 1.69. The van der Waals surface area contributed by atoms with Gasteiger partial charge in [0.2, 0.25) is 0 Å². The molecule has 0 bridgehead atoms. The highest BCUT2D eigenvalue weighted by molar-refractivity contribution is 5.94. The van der Waals surface area contributed by atoms with E-state index < -0.39 is 0 Å². The molecule has 2 N–H and O–H groups in total. The molecule has 0 radical (unpaired) electrons. The van der Waals surface area contributed by atoms with Crippen molar-refractivity contribution in [3.63, 3.8) is 0 Å². The minimum Gasteiger partial charge on any atom is -0.497 e. The Morgan fingerprint density at radius 2 is 1.88 bits per heavy atom. The van der Waals surface area contributed by atoms with Crippen molar-refractivity contribution in [1.29, 1.82) is 0 Å². The lowest BCUT2D eigenvalue weighted by molar-refractivity contribution is 0.0935. The number of nitrogens with one attached hydrogen (secondary N) is 2. The van der Waals surface area contributed by atoms with Crippen LogP contribution in [0.2, 0.25) is 0 Å². The molecular formula is C26H35N3O3. The molecule has 1 aliphatic rings. The summed E-state index contributed by atoms with van der Waals surface area (Å²) in [5.41, 5.74) is 2.81. The maximum atomic E-state index is 13.0. The second kappa shape index (κ2) is 11.0. The first-order chi connectivity index (χ1) is 15.4. The minimum absolute atomic E-state index is 0.0103. The lowest BCUT2D eigenvalue weighted by atomic mass is 9.89. The maximum Gasteiger partial charge on any atom is 0.317 e. The summed E-state index contributed by atoms with van der Waals surface area (Å²) in [4.78, 5) is 27.3. The average Bonchev–Trinajstić information content (AvgIpc) is 2.82. The number of hydrogen-bond donors (Lipinski definition) is 2.